The molecule has 7 nitrogen and oxygen atoms in total. The molecule has 0 amide bonds. The molecule has 0 radical (unpaired) electrons. The van der Waals surface area contributed by atoms with Crippen LogP contribution in [-0.4, -0.2) is 20.2 Å². The van der Waals surface area contributed by atoms with Crippen molar-refractivity contribution in [3.05, 3.63) is 100.0 Å². The Kier molecular flexibility index (Phi) is 5.22. The lowest BCUT2D eigenvalue weighted by molar-refractivity contribution is 0.605. The van der Waals surface area contributed by atoms with E-state index < -0.39 is 0 Å². The number of nitrogens with zero attached hydrogens (tertiary/aromatic N) is 4. The van der Waals surface area contributed by atoms with E-state index in [9.17, 15) is 4.79 Å². The minimum atomic E-state index is -0.153. The van der Waals surface area contributed by atoms with Crippen LogP contribution in [0.25, 0.3) is 28.0 Å². The molecule has 1 N–H and O–H groups in total. The fourth-order valence-corrected chi connectivity index (χ4v) is 4.13. The molecule has 33 heavy (non-hydrogen) atoms. The molecule has 0 aliphatic heterocycles. The van der Waals surface area contributed by atoms with Crippen LogP contribution >= 0.6 is 0 Å². The van der Waals surface area contributed by atoms with Gasteiger partial charge in [0.25, 0.3) is 0 Å². The Balaban J connectivity index is 1.64. The number of para-hydroxylation sites is 2. The predicted octanol–water partition coefficient (Wildman–Crippen LogP) is 5.23. The van der Waals surface area contributed by atoms with E-state index in [2.05, 4.69) is 26.9 Å². The minimum Gasteiger partial charge on any atom is -0.455 e. The number of hydrogen-bond acceptors (Lipinski definition) is 6. The molecule has 0 fully saturated rings. The van der Waals surface area contributed by atoms with Crippen LogP contribution in [0.5, 0.6) is 0 Å². The molecule has 0 aliphatic carbocycles. The van der Waals surface area contributed by atoms with E-state index >= 15 is 0 Å². The van der Waals surface area contributed by atoms with Gasteiger partial charge >= 0.3 is 0 Å². The zero-order valence-electron chi connectivity index (χ0n) is 18.6. The summed E-state index contributed by atoms with van der Waals surface area (Å²) in [5.74, 6) is 0.597. The van der Waals surface area contributed by atoms with Gasteiger partial charge in [0.05, 0.1) is 22.8 Å². The molecule has 2 heterocycles. The number of aryl methyl sites for hydroxylation is 1. The molecule has 2 aromatic heterocycles. The van der Waals surface area contributed by atoms with Gasteiger partial charge in [-0.2, -0.15) is 4.68 Å². The first-order valence-corrected chi connectivity index (χ1v) is 10.7. The topological polar surface area (TPSA) is 85.8 Å². The quantitative estimate of drug-likeness (QED) is 0.405. The van der Waals surface area contributed by atoms with Crippen LogP contribution in [0.2, 0.25) is 0 Å². The molecule has 164 valence electrons. The maximum absolute atomic E-state index is 13.3. The molecule has 1 unspecified atom stereocenters. The van der Waals surface area contributed by atoms with Crippen molar-refractivity contribution in [2.75, 3.05) is 5.32 Å². The summed E-state index contributed by atoms with van der Waals surface area (Å²) >= 11 is 0. The lowest BCUT2D eigenvalue weighted by Crippen LogP contribution is -2.13. The summed E-state index contributed by atoms with van der Waals surface area (Å²) in [5, 5.41) is 15.6. The molecule has 5 rings (SSSR count). The molecule has 7 heteroatoms. The number of nitrogens with one attached hydrogen (secondary N) is 1. The molecular weight excluding hydrogens is 414 g/mol. The van der Waals surface area contributed by atoms with E-state index in [4.69, 9.17) is 4.42 Å². The van der Waals surface area contributed by atoms with Gasteiger partial charge in [-0.15, -0.1) is 5.10 Å². The van der Waals surface area contributed by atoms with Crippen molar-refractivity contribution in [1.29, 1.82) is 0 Å². The maximum atomic E-state index is 13.3. The molecule has 0 aliphatic rings. The summed E-state index contributed by atoms with van der Waals surface area (Å²) in [6.45, 7) is 5.86. The van der Waals surface area contributed by atoms with Crippen molar-refractivity contribution < 1.29 is 4.42 Å². The Morgan fingerprint density at radius 1 is 1.00 bits per heavy atom. The number of fused-ring (bicyclic) bond motifs is 1. The highest BCUT2D eigenvalue weighted by atomic mass is 16.3. The van der Waals surface area contributed by atoms with Crippen molar-refractivity contribution in [2.24, 2.45) is 0 Å². The third-order valence-corrected chi connectivity index (χ3v) is 5.77. The number of aromatic nitrogens is 4. The molecule has 5 aromatic rings. The van der Waals surface area contributed by atoms with E-state index in [1.54, 1.807) is 11.0 Å². The zero-order chi connectivity index (χ0) is 22.9. The highest BCUT2D eigenvalue weighted by Gasteiger charge is 2.19. The first-order chi connectivity index (χ1) is 16.0. The smallest absolute Gasteiger partial charge is 0.196 e. The monoisotopic (exact) mass is 437 g/mol. The normalized spacial score (nSPS) is 12.1. The summed E-state index contributed by atoms with van der Waals surface area (Å²) < 4.78 is 8.04. The largest absolute Gasteiger partial charge is 0.455 e. The van der Waals surface area contributed by atoms with Crippen molar-refractivity contribution in [2.45, 2.75) is 26.8 Å². The van der Waals surface area contributed by atoms with Crippen LogP contribution in [0.4, 0.5) is 5.69 Å². The zero-order valence-corrected chi connectivity index (χ0v) is 18.6. The van der Waals surface area contributed by atoms with Crippen LogP contribution < -0.4 is 10.7 Å². The van der Waals surface area contributed by atoms with Gasteiger partial charge in [-0.1, -0.05) is 48.5 Å². The third-order valence-electron chi connectivity index (χ3n) is 5.77. The Labute approximate surface area is 190 Å². The Morgan fingerprint density at radius 2 is 1.76 bits per heavy atom. The highest BCUT2D eigenvalue weighted by Crippen LogP contribution is 2.33. The molecule has 0 bridgehead atoms. The molecule has 0 saturated heterocycles. The van der Waals surface area contributed by atoms with Crippen LogP contribution in [0.1, 0.15) is 29.7 Å². The molecule has 0 saturated carbocycles. The van der Waals surface area contributed by atoms with Crippen LogP contribution in [-0.2, 0) is 0 Å². The summed E-state index contributed by atoms with van der Waals surface area (Å²) in [4.78, 5) is 13.3. The molecule has 0 spiro atoms. The summed E-state index contributed by atoms with van der Waals surface area (Å²) in [5.41, 5.74) is 5.67. The number of tetrazole rings is 1. The minimum absolute atomic E-state index is 0.0126. The van der Waals surface area contributed by atoms with Gasteiger partial charge in [0.2, 0.25) is 0 Å². The second-order valence-electron chi connectivity index (χ2n) is 8.12. The Bertz CT molecular complexity index is 1490. The summed E-state index contributed by atoms with van der Waals surface area (Å²) in [6.07, 6.45) is 1.56. The second kappa shape index (κ2) is 8.35. The van der Waals surface area contributed by atoms with Crippen molar-refractivity contribution in [3.63, 3.8) is 0 Å². The van der Waals surface area contributed by atoms with Crippen molar-refractivity contribution in [1.82, 2.24) is 20.2 Å². The Morgan fingerprint density at radius 3 is 2.52 bits per heavy atom. The second-order valence-corrected chi connectivity index (χ2v) is 8.12. The van der Waals surface area contributed by atoms with Gasteiger partial charge in [0.15, 0.2) is 5.43 Å². The van der Waals surface area contributed by atoms with E-state index in [0.29, 0.717) is 22.3 Å². The third kappa shape index (κ3) is 3.78. The van der Waals surface area contributed by atoms with Crippen molar-refractivity contribution in [3.8, 4) is 17.0 Å². The predicted molar refractivity (Wildman–Crippen MR) is 129 cm³/mol. The van der Waals surface area contributed by atoms with Gasteiger partial charge < -0.3 is 9.73 Å². The van der Waals surface area contributed by atoms with Crippen LogP contribution in [0.3, 0.4) is 0 Å². The number of hydrogen-bond donors (Lipinski definition) is 1. The number of benzene rings is 3. The van der Waals surface area contributed by atoms with Crippen LogP contribution in [0.15, 0.2) is 82.3 Å². The first kappa shape index (κ1) is 20.6. The number of rotatable bonds is 5. The lowest BCUT2D eigenvalue weighted by Gasteiger charge is -2.20. The van der Waals surface area contributed by atoms with Crippen molar-refractivity contribution >= 4 is 16.7 Å². The van der Waals surface area contributed by atoms with Gasteiger partial charge in [0.1, 0.15) is 17.7 Å². The fourth-order valence-electron chi connectivity index (χ4n) is 4.13. The van der Waals surface area contributed by atoms with Gasteiger partial charge in [-0.3, -0.25) is 4.79 Å². The van der Waals surface area contributed by atoms with E-state index in [0.717, 1.165) is 28.1 Å². The molecular formula is C26H23N5O2. The average molecular weight is 438 g/mol. The average Bonchev–Trinajstić information content (AvgIpc) is 3.37. The summed E-state index contributed by atoms with van der Waals surface area (Å²) in [6, 6.07) is 21.3. The molecule has 3 aromatic carbocycles. The molecule has 1 atom stereocenters. The van der Waals surface area contributed by atoms with E-state index in [1.807, 2.05) is 81.4 Å². The summed E-state index contributed by atoms with van der Waals surface area (Å²) in [7, 11) is 0. The van der Waals surface area contributed by atoms with Crippen LogP contribution in [0, 0.1) is 13.8 Å². The first-order valence-electron chi connectivity index (χ1n) is 10.7. The van der Waals surface area contributed by atoms with Gasteiger partial charge in [-0.05, 0) is 55.0 Å². The maximum Gasteiger partial charge on any atom is 0.196 e. The standard InChI is InChI=1S/C26H23N5O2/c1-16-13-20(18(3)28-22-11-7-8-12-23(22)31-15-27-29-30-31)26-21(14-16)24(32)17(2)25(33-26)19-9-5-4-6-10-19/h4-15,18,28H,1-3H3. The lowest BCUT2D eigenvalue weighted by atomic mass is 9.98. The highest BCUT2D eigenvalue weighted by molar-refractivity contribution is 5.84. The van der Waals surface area contributed by atoms with E-state index in [1.165, 1.54) is 0 Å². The van der Waals surface area contributed by atoms with Gasteiger partial charge in [0, 0.05) is 16.7 Å². The Hall–Kier alpha value is -4.26. The van der Waals surface area contributed by atoms with Gasteiger partial charge in [-0.25, -0.2) is 0 Å². The fraction of sp³-hybridized carbons (Fsp3) is 0.154. The number of anilines is 1. The SMILES string of the molecule is Cc1cc(C(C)Nc2ccccc2-n2cnnn2)c2oc(-c3ccccc3)c(C)c(=O)c2c1. The van der Waals surface area contributed by atoms with E-state index in [-0.39, 0.29) is 11.5 Å².